The van der Waals surface area contributed by atoms with Crippen LogP contribution >= 0.6 is 23.2 Å². The minimum Gasteiger partial charge on any atom is -0.292 e. The predicted octanol–water partition coefficient (Wildman–Crippen LogP) is 5.19. The monoisotopic (exact) mass is 319 g/mol. The van der Waals surface area contributed by atoms with Gasteiger partial charge in [0.05, 0.1) is 0 Å². The van der Waals surface area contributed by atoms with E-state index in [1.165, 1.54) is 0 Å². The van der Waals surface area contributed by atoms with Crippen LogP contribution in [0.15, 0.2) is 18.2 Å². The molecule has 0 spiro atoms. The van der Waals surface area contributed by atoms with Crippen molar-refractivity contribution in [1.29, 1.82) is 0 Å². The van der Waals surface area contributed by atoms with Gasteiger partial charge in [0, 0.05) is 22.2 Å². The van der Waals surface area contributed by atoms with Gasteiger partial charge in [-0.3, -0.25) is 4.79 Å². The van der Waals surface area contributed by atoms with E-state index >= 15 is 0 Å². The van der Waals surface area contributed by atoms with Crippen LogP contribution in [0.4, 0.5) is 0 Å². The molecule has 21 heavy (non-hydrogen) atoms. The van der Waals surface area contributed by atoms with E-state index in [0.29, 0.717) is 22.2 Å². The van der Waals surface area contributed by atoms with Gasteiger partial charge in [0.1, 0.15) is 5.69 Å². The first kappa shape index (κ1) is 14.6. The van der Waals surface area contributed by atoms with Crippen LogP contribution in [0.3, 0.4) is 0 Å². The standard InChI is InChI=1S/C17H15Cl2NO/c1-9-10(2)20-17-14(4-3-5-15(17)21)16(9)11-6-12(18)8-13(19)7-11/h6-8H,3-5H2,1-2H3. The van der Waals surface area contributed by atoms with Crippen molar-refractivity contribution in [2.75, 3.05) is 0 Å². The van der Waals surface area contributed by atoms with Gasteiger partial charge in [-0.25, -0.2) is 4.98 Å². The van der Waals surface area contributed by atoms with E-state index in [1.54, 1.807) is 6.07 Å². The molecule has 3 rings (SSSR count). The molecule has 1 aliphatic carbocycles. The molecule has 0 amide bonds. The van der Waals surface area contributed by atoms with Gasteiger partial charge in [0.2, 0.25) is 0 Å². The van der Waals surface area contributed by atoms with Gasteiger partial charge in [-0.2, -0.15) is 0 Å². The molecule has 1 heterocycles. The maximum Gasteiger partial charge on any atom is 0.181 e. The highest BCUT2D eigenvalue weighted by Crippen LogP contribution is 2.36. The summed E-state index contributed by atoms with van der Waals surface area (Å²) in [5.41, 5.74) is 5.65. The van der Waals surface area contributed by atoms with Gasteiger partial charge < -0.3 is 0 Å². The number of carbonyl (C=O) groups excluding carboxylic acids is 1. The molecule has 0 atom stereocenters. The Bertz CT molecular complexity index is 733. The molecule has 0 saturated carbocycles. The average molecular weight is 320 g/mol. The molecule has 0 fully saturated rings. The lowest BCUT2D eigenvalue weighted by molar-refractivity contribution is 0.0967. The fourth-order valence-corrected chi connectivity index (χ4v) is 3.48. The summed E-state index contributed by atoms with van der Waals surface area (Å²) in [4.78, 5) is 16.7. The van der Waals surface area contributed by atoms with Crippen molar-refractivity contribution < 1.29 is 4.79 Å². The number of aromatic nitrogens is 1. The first-order valence-electron chi connectivity index (χ1n) is 6.97. The van der Waals surface area contributed by atoms with E-state index in [2.05, 4.69) is 4.98 Å². The molecule has 0 N–H and O–H groups in total. The molecule has 1 aromatic heterocycles. The van der Waals surface area contributed by atoms with Gasteiger partial charge in [-0.15, -0.1) is 0 Å². The van der Waals surface area contributed by atoms with Gasteiger partial charge >= 0.3 is 0 Å². The average Bonchev–Trinajstić information content (AvgIpc) is 2.40. The zero-order valence-corrected chi connectivity index (χ0v) is 13.5. The van der Waals surface area contributed by atoms with Crippen molar-refractivity contribution in [3.63, 3.8) is 0 Å². The number of pyridine rings is 1. The van der Waals surface area contributed by atoms with E-state index in [0.717, 1.165) is 40.8 Å². The van der Waals surface area contributed by atoms with Crippen molar-refractivity contribution in [2.24, 2.45) is 0 Å². The molecule has 2 nitrogen and oxygen atoms in total. The van der Waals surface area contributed by atoms with E-state index in [4.69, 9.17) is 23.2 Å². The topological polar surface area (TPSA) is 30.0 Å². The Labute approximate surface area is 134 Å². The van der Waals surface area contributed by atoms with E-state index in [-0.39, 0.29) is 5.78 Å². The number of hydrogen-bond acceptors (Lipinski definition) is 2. The largest absolute Gasteiger partial charge is 0.292 e. The lowest BCUT2D eigenvalue weighted by Gasteiger charge is -2.21. The van der Waals surface area contributed by atoms with Crippen LogP contribution in [0, 0.1) is 13.8 Å². The maximum absolute atomic E-state index is 12.2. The second-order valence-corrected chi connectivity index (χ2v) is 6.33. The lowest BCUT2D eigenvalue weighted by Crippen LogP contribution is -2.16. The van der Waals surface area contributed by atoms with Crippen LogP contribution in [0.2, 0.25) is 10.0 Å². The Morgan fingerprint density at radius 2 is 1.71 bits per heavy atom. The van der Waals surface area contributed by atoms with Crippen LogP contribution in [-0.2, 0) is 6.42 Å². The molecule has 2 aromatic rings. The molecule has 1 aromatic carbocycles. The number of nitrogens with zero attached hydrogens (tertiary/aromatic N) is 1. The second kappa shape index (κ2) is 5.43. The Hall–Kier alpha value is -1.38. The first-order valence-corrected chi connectivity index (χ1v) is 7.72. The first-order chi connectivity index (χ1) is 9.97. The summed E-state index contributed by atoms with van der Waals surface area (Å²) < 4.78 is 0. The highest BCUT2D eigenvalue weighted by atomic mass is 35.5. The van der Waals surface area contributed by atoms with Crippen molar-refractivity contribution in [2.45, 2.75) is 33.1 Å². The van der Waals surface area contributed by atoms with Crippen molar-refractivity contribution in [3.05, 3.63) is 50.8 Å². The number of Topliss-reactive ketones (excluding diaryl/α,β-unsaturated/α-hetero) is 1. The minimum absolute atomic E-state index is 0.133. The molecule has 1 aliphatic rings. The summed E-state index contributed by atoms with van der Waals surface area (Å²) in [6.07, 6.45) is 2.32. The quantitative estimate of drug-likeness (QED) is 0.723. The summed E-state index contributed by atoms with van der Waals surface area (Å²) >= 11 is 12.3. The lowest BCUT2D eigenvalue weighted by atomic mass is 9.85. The van der Waals surface area contributed by atoms with Gasteiger partial charge in [0.15, 0.2) is 5.78 Å². The summed E-state index contributed by atoms with van der Waals surface area (Å²) in [6.45, 7) is 3.97. The van der Waals surface area contributed by atoms with Crippen LogP contribution in [0.1, 0.15) is 40.2 Å². The summed E-state index contributed by atoms with van der Waals surface area (Å²) in [6, 6.07) is 5.51. The van der Waals surface area contributed by atoms with E-state index in [1.807, 2.05) is 26.0 Å². The Balaban J connectivity index is 2.33. The number of carbonyl (C=O) groups is 1. The number of fused-ring (bicyclic) bond motifs is 1. The number of hydrogen-bond donors (Lipinski definition) is 0. The van der Waals surface area contributed by atoms with Crippen molar-refractivity contribution in [3.8, 4) is 11.1 Å². The van der Waals surface area contributed by atoms with Crippen LogP contribution in [-0.4, -0.2) is 10.8 Å². The normalized spacial score (nSPS) is 14.2. The molecule has 0 saturated heterocycles. The van der Waals surface area contributed by atoms with Crippen molar-refractivity contribution >= 4 is 29.0 Å². The smallest absolute Gasteiger partial charge is 0.181 e. The molecule has 4 heteroatoms. The third-order valence-corrected chi connectivity index (χ3v) is 4.47. The molecule has 0 radical (unpaired) electrons. The van der Waals surface area contributed by atoms with Gasteiger partial charge in [-0.05, 0) is 67.1 Å². The number of halogens is 2. The zero-order valence-electron chi connectivity index (χ0n) is 12.0. The third-order valence-electron chi connectivity index (χ3n) is 4.03. The number of aryl methyl sites for hydroxylation is 1. The number of benzene rings is 1. The van der Waals surface area contributed by atoms with Crippen LogP contribution < -0.4 is 0 Å². The van der Waals surface area contributed by atoms with Gasteiger partial charge in [-0.1, -0.05) is 23.2 Å². The third kappa shape index (κ3) is 2.58. The highest BCUT2D eigenvalue weighted by molar-refractivity contribution is 6.35. The summed E-state index contributed by atoms with van der Waals surface area (Å²) in [5, 5.41) is 1.20. The van der Waals surface area contributed by atoms with Crippen LogP contribution in [0.25, 0.3) is 11.1 Å². The van der Waals surface area contributed by atoms with Gasteiger partial charge in [0.25, 0.3) is 0 Å². The Morgan fingerprint density at radius 1 is 1.05 bits per heavy atom. The summed E-state index contributed by atoms with van der Waals surface area (Å²) in [5.74, 6) is 0.133. The molecule has 0 bridgehead atoms. The molecular formula is C17H15Cl2NO. The molecule has 0 aliphatic heterocycles. The highest BCUT2D eigenvalue weighted by Gasteiger charge is 2.24. The van der Waals surface area contributed by atoms with Crippen LogP contribution in [0.5, 0.6) is 0 Å². The van der Waals surface area contributed by atoms with E-state index in [9.17, 15) is 4.79 Å². The fraction of sp³-hybridized carbons (Fsp3) is 0.294. The second-order valence-electron chi connectivity index (χ2n) is 5.46. The molecular weight excluding hydrogens is 305 g/mol. The zero-order chi connectivity index (χ0) is 15.1. The molecule has 0 unspecified atom stereocenters. The predicted molar refractivity (Wildman–Crippen MR) is 86.4 cm³/mol. The summed E-state index contributed by atoms with van der Waals surface area (Å²) in [7, 11) is 0. The fourth-order valence-electron chi connectivity index (χ4n) is 2.95. The minimum atomic E-state index is 0.133. The number of rotatable bonds is 1. The maximum atomic E-state index is 12.2. The number of ketones is 1. The van der Waals surface area contributed by atoms with Crippen molar-refractivity contribution in [1.82, 2.24) is 4.98 Å². The molecule has 108 valence electrons. The Kier molecular flexibility index (Phi) is 3.76. The van der Waals surface area contributed by atoms with E-state index < -0.39 is 0 Å². The SMILES string of the molecule is Cc1nc2c(c(-c3cc(Cl)cc(Cl)c3)c1C)CCCC2=O. The Morgan fingerprint density at radius 3 is 2.38 bits per heavy atom.